The third-order valence-electron chi connectivity index (χ3n) is 7.34. The Labute approximate surface area is 193 Å². The van der Waals surface area contributed by atoms with E-state index in [4.69, 9.17) is 4.74 Å². The van der Waals surface area contributed by atoms with E-state index in [1.807, 2.05) is 54.6 Å². The normalized spacial score (nSPS) is 22.3. The molecule has 2 aliphatic rings. The molecule has 5 heteroatoms. The van der Waals surface area contributed by atoms with Crippen molar-refractivity contribution in [3.05, 3.63) is 60.2 Å². The number of carbonyl (C=O) groups excluding carboxylic acids is 3. The van der Waals surface area contributed by atoms with Crippen molar-refractivity contribution >= 4 is 28.4 Å². The quantitative estimate of drug-likeness (QED) is 0.375. The van der Waals surface area contributed by atoms with Crippen molar-refractivity contribution in [2.75, 3.05) is 6.61 Å². The van der Waals surface area contributed by atoms with E-state index in [-0.39, 0.29) is 36.1 Å². The molecule has 3 aromatic rings. The topological polar surface area (TPSA) is 65.4 Å². The first-order valence-corrected chi connectivity index (χ1v) is 12.0. The largest absolute Gasteiger partial charge is 0.457 e. The molecule has 5 rings (SSSR count). The van der Waals surface area contributed by atoms with Crippen molar-refractivity contribution in [2.45, 2.75) is 45.6 Å². The molecular formula is C28H29NO4. The van der Waals surface area contributed by atoms with Crippen molar-refractivity contribution in [3.63, 3.8) is 0 Å². The minimum absolute atomic E-state index is 0.0158. The Morgan fingerprint density at radius 1 is 0.970 bits per heavy atom. The van der Waals surface area contributed by atoms with Gasteiger partial charge in [0.1, 0.15) is 5.78 Å². The van der Waals surface area contributed by atoms with Crippen molar-refractivity contribution in [1.82, 2.24) is 4.57 Å². The highest BCUT2D eigenvalue weighted by molar-refractivity contribution is 6.14. The third kappa shape index (κ3) is 3.90. The second-order valence-corrected chi connectivity index (χ2v) is 9.28. The number of para-hydroxylation sites is 1. The average Bonchev–Trinajstić information content (AvgIpc) is 3.17. The lowest BCUT2D eigenvalue weighted by Crippen LogP contribution is -2.39. The number of rotatable bonds is 6. The zero-order chi connectivity index (χ0) is 22.9. The minimum Gasteiger partial charge on any atom is -0.457 e. The highest BCUT2D eigenvalue weighted by Crippen LogP contribution is 2.40. The fourth-order valence-corrected chi connectivity index (χ4v) is 5.81. The van der Waals surface area contributed by atoms with Crippen molar-refractivity contribution in [3.8, 4) is 11.3 Å². The van der Waals surface area contributed by atoms with Crippen LogP contribution in [-0.4, -0.2) is 28.7 Å². The maximum Gasteiger partial charge on any atom is 0.309 e. The number of carbonyl (C=O) groups is 3. The average molecular weight is 444 g/mol. The Kier molecular flexibility index (Phi) is 5.88. The number of ketones is 2. The Balaban J connectivity index is 1.41. The van der Waals surface area contributed by atoms with E-state index in [9.17, 15) is 14.4 Å². The zero-order valence-corrected chi connectivity index (χ0v) is 19.0. The smallest absolute Gasteiger partial charge is 0.309 e. The third-order valence-corrected chi connectivity index (χ3v) is 7.34. The van der Waals surface area contributed by atoms with Gasteiger partial charge in [-0.3, -0.25) is 14.4 Å². The van der Waals surface area contributed by atoms with Crippen LogP contribution in [0.2, 0.25) is 0 Å². The van der Waals surface area contributed by atoms with Gasteiger partial charge in [0.25, 0.3) is 0 Å². The summed E-state index contributed by atoms with van der Waals surface area (Å²) in [6.07, 6.45) is 3.93. The number of ether oxygens (including phenoxy) is 1. The molecule has 0 spiro atoms. The molecule has 0 amide bonds. The molecule has 1 heterocycles. The van der Waals surface area contributed by atoms with Gasteiger partial charge in [-0.2, -0.15) is 0 Å². The second-order valence-electron chi connectivity index (χ2n) is 9.28. The number of esters is 1. The van der Waals surface area contributed by atoms with E-state index < -0.39 is 0 Å². The lowest BCUT2D eigenvalue weighted by Gasteiger charge is -2.36. The van der Waals surface area contributed by atoms with E-state index in [0.717, 1.165) is 48.0 Å². The molecule has 0 saturated heterocycles. The van der Waals surface area contributed by atoms with E-state index in [0.29, 0.717) is 24.2 Å². The van der Waals surface area contributed by atoms with Gasteiger partial charge in [0, 0.05) is 29.3 Å². The molecule has 33 heavy (non-hydrogen) atoms. The van der Waals surface area contributed by atoms with Crippen molar-refractivity contribution < 1.29 is 19.1 Å². The fourth-order valence-electron chi connectivity index (χ4n) is 5.81. The molecule has 2 aliphatic carbocycles. The van der Waals surface area contributed by atoms with Gasteiger partial charge >= 0.3 is 5.97 Å². The lowest BCUT2D eigenvalue weighted by molar-refractivity contribution is -0.152. The summed E-state index contributed by atoms with van der Waals surface area (Å²) in [4.78, 5) is 38.7. The van der Waals surface area contributed by atoms with Gasteiger partial charge in [0.05, 0.1) is 17.2 Å². The first-order valence-electron chi connectivity index (χ1n) is 12.0. The number of Topliss-reactive ketones (excluding diaryl/α,β-unsaturated/α-hetero) is 2. The van der Waals surface area contributed by atoms with Gasteiger partial charge in [-0.1, -0.05) is 55.0 Å². The first-order chi connectivity index (χ1) is 16.1. The van der Waals surface area contributed by atoms with E-state index in [1.54, 1.807) is 0 Å². The van der Waals surface area contributed by atoms with Crippen LogP contribution in [0.4, 0.5) is 0 Å². The van der Waals surface area contributed by atoms with Crippen LogP contribution in [0.1, 0.15) is 49.4 Å². The Morgan fingerprint density at radius 3 is 2.33 bits per heavy atom. The number of benzene rings is 2. The fraction of sp³-hybridized carbons (Fsp3) is 0.393. The second kappa shape index (κ2) is 8.97. The molecule has 0 N–H and O–H groups in total. The number of hydrogen-bond acceptors (Lipinski definition) is 4. The van der Waals surface area contributed by atoms with Crippen LogP contribution in [0, 0.1) is 17.8 Å². The number of aromatic nitrogens is 1. The van der Waals surface area contributed by atoms with E-state index in [2.05, 4.69) is 11.5 Å². The van der Waals surface area contributed by atoms with Gasteiger partial charge in [0.15, 0.2) is 6.61 Å². The molecule has 2 aromatic carbocycles. The minimum atomic E-state index is -0.340. The SMILES string of the molecule is CCn1c(-c2ccccc2)c(C(=O)COC(=O)C2C[C@H]3CCC[C@@H](C2)C3=O)c2ccccc21. The highest BCUT2D eigenvalue weighted by Gasteiger charge is 2.42. The predicted molar refractivity (Wildman–Crippen MR) is 127 cm³/mol. The summed E-state index contributed by atoms with van der Waals surface area (Å²) in [6, 6.07) is 17.8. The number of aryl methyl sites for hydroxylation is 1. The van der Waals surface area contributed by atoms with Crippen LogP contribution in [-0.2, 0) is 20.9 Å². The molecule has 2 bridgehead atoms. The summed E-state index contributed by atoms with van der Waals surface area (Å²) >= 11 is 0. The van der Waals surface area contributed by atoms with E-state index in [1.165, 1.54) is 0 Å². The summed E-state index contributed by atoms with van der Waals surface area (Å²) in [5.74, 6) is -0.528. The van der Waals surface area contributed by atoms with Crippen LogP contribution in [0.25, 0.3) is 22.2 Å². The number of nitrogens with zero attached hydrogens (tertiary/aromatic N) is 1. The highest BCUT2D eigenvalue weighted by atomic mass is 16.5. The lowest BCUT2D eigenvalue weighted by atomic mass is 9.67. The Bertz CT molecular complexity index is 1190. The van der Waals surface area contributed by atoms with Crippen LogP contribution >= 0.6 is 0 Å². The Hall–Kier alpha value is -3.21. The van der Waals surface area contributed by atoms with Gasteiger partial charge in [0.2, 0.25) is 5.78 Å². The molecule has 3 atom stereocenters. The van der Waals surface area contributed by atoms with Gasteiger partial charge < -0.3 is 9.30 Å². The van der Waals surface area contributed by atoms with Gasteiger partial charge in [-0.25, -0.2) is 0 Å². The van der Waals surface area contributed by atoms with Crippen LogP contribution < -0.4 is 0 Å². The summed E-state index contributed by atoms with van der Waals surface area (Å²) in [7, 11) is 0. The summed E-state index contributed by atoms with van der Waals surface area (Å²) in [5, 5.41) is 0.872. The van der Waals surface area contributed by atoms with Crippen LogP contribution in [0.5, 0.6) is 0 Å². The first kappa shape index (κ1) is 21.6. The van der Waals surface area contributed by atoms with Crippen LogP contribution in [0.3, 0.4) is 0 Å². The summed E-state index contributed by atoms with van der Waals surface area (Å²) < 4.78 is 7.72. The molecule has 1 unspecified atom stereocenters. The molecule has 2 fully saturated rings. The summed E-state index contributed by atoms with van der Waals surface area (Å²) in [5.41, 5.74) is 3.41. The van der Waals surface area contributed by atoms with Gasteiger partial charge in [-0.05, 0) is 44.2 Å². The summed E-state index contributed by atoms with van der Waals surface area (Å²) in [6.45, 7) is 2.50. The zero-order valence-electron chi connectivity index (χ0n) is 19.0. The maximum absolute atomic E-state index is 13.5. The standard InChI is InChI=1S/C28H29NO4/c1-2-29-23-14-7-6-13-22(23)25(26(29)18-9-4-3-5-10-18)24(30)17-33-28(32)21-15-19-11-8-12-20(16-21)27(19)31/h3-7,9-10,13-14,19-21H,2,8,11-12,15-17H2,1H3/t19-,20+,21?. The van der Waals surface area contributed by atoms with Crippen molar-refractivity contribution in [1.29, 1.82) is 0 Å². The van der Waals surface area contributed by atoms with Crippen LogP contribution in [0.15, 0.2) is 54.6 Å². The predicted octanol–water partition coefficient (Wildman–Crippen LogP) is 5.45. The molecular weight excluding hydrogens is 414 g/mol. The van der Waals surface area contributed by atoms with E-state index >= 15 is 0 Å². The Morgan fingerprint density at radius 2 is 1.64 bits per heavy atom. The maximum atomic E-state index is 13.5. The molecule has 0 aliphatic heterocycles. The van der Waals surface area contributed by atoms with Crippen molar-refractivity contribution in [2.24, 2.45) is 17.8 Å². The molecule has 1 aromatic heterocycles. The molecule has 2 saturated carbocycles. The molecule has 0 radical (unpaired) electrons. The molecule has 170 valence electrons. The number of fused-ring (bicyclic) bond motifs is 3. The number of hydrogen-bond donors (Lipinski definition) is 0. The molecule has 5 nitrogen and oxygen atoms in total. The monoisotopic (exact) mass is 443 g/mol. The van der Waals surface area contributed by atoms with Gasteiger partial charge in [-0.15, -0.1) is 0 Å².